The summed E-state index contributed by atoms with van der Waals surface area (Å²) in [4.78, 5) is 13.4. The van der Waals surface area contributed by atoms with Crippen molar-refractivity contribution < 1.29 is 13.9 Å². The Kier molecular flexibility index (Phi) is 5.13. The van der Waals surface area contributed by atoms with E-state index in [1.165, 1.54) is 13.2 Å². The van der Waals surface area contributed by atoms with Crippen LogP contribution in [0.5, 0.6) is 0 Å². The summed E-state index contributed by atoms with van der Waals surface area (Å²) in [5, 5.41) is 0. The van der Waals surface area contributed by atoms with E-state index in [4.69, 9.17) is 4.74 Å². The number of ether oxygens (including phenoxy) is 1. The average Bonchev–Trinajstić information content (AvgIpc) is 2.34. The van der Waals surface area contributed by atoms with E-state index in [9.17, 15) is 9.18 Å². The van der Waals surface area contributed by atoms with Crippen LogP contribution in [-0.4, -0.2) is 27.2 Å². The molecule has 0 aliphatic heterocycles. The predicted molar refractivity (Wildman–Crippen MR) is 70.4 cm³/mol. The van der Waals surface area contributed by atoms with Gasteiger partial charge in [-0.25, -0.2) is 4.39 Å². The van der Waals surface area contributed by atoms with E-state index < -0.39 is 0 Å². The highest BCUT2D eigenvalue weighted by atomic mass is 19.1. The molecule has 0 saturated heterocycles. The van der Waals surface area contributed by atoms with Gasteiger partial charge >= 0.3 is 5.97 Å². The molecule has 1 atom stereocenters. The highest BCUT2D eigenvalue weighted by molar-refractivity contribution is 5.78. The molecule has 1 rings (SSSR count). The quantitative estimate of drug-likeness (QED) is 0.756. The molecule has 18 heavy (non-hydrogen) atoms. The molecule has 0 aliphatic rings. The lowest BCUT2D eigenvalue weighted by molar-refractivity contribution is -0.142. The Hall–Kier alpha value is -1.58. The molecule has 1 aromatic carbocycles. The average molecular weight is 253 g/mol. The number of nitrogens with zero attached hydrogens (tertiary/aromatic N) is 1. The second-order valence-electron chi connectivity index (χ2n) is 4.47. The summed E-state index contributed by atoms with van der Waals surface area (Å²) in [5.74, 6) is -1.01. The number of esters is 1. The number of methoxy groups -OCH3 is 1. The molecule has 0 bridgehead atoms. The van der Waals surface area contributed by atoms with Gasteiger partial charge in [0.1, 0.15) is 5.82 Å². The van der Waals surface area contributed by atoms with E-state index in [0.717, 1.165) is 6.42 Å². The first-order chi connectivity index (χ1) is 8.51. The zero-order valence-corrected chi connectivity index (χ0v) is 11.4. The van der Waals surface area contributed by atoms with E-state index in [1.54, 1.807) is 31.1 Å². The van der Waals surface area contributed by atoms with Crippen LogP contribution >= 0.6 is 0 Å². The van der Waals surface area contributed by atoms with Crippen molar-refractivity contribution in [2.45, 2.75) is 25.7 Å². The van der Waals surface area contributed by atoms with Gasteiger partial charge in [-0.1, -0.05) is 19.4 Å². The second kappa shape index (κ2) is 6.38. The number of carbonyl (C=O) groups is 1. The maximum Gasteiger partial charge on any atom is 0.313 e. The molecule has 0 spiro atoms. The van der Waals surface area contributed by atoms with Gasteiger partial charge in [0.2, 0.25) is 0 Å². The van der Waals surface area contributed by atoms with Crippen LogP contribution < -0.4 is 4.90 Å². The summed E-state index contributed by atoms with van der Waals surface area (Å²) in [6, 6.07) is 4.90. The molecule has 0 heterocycles. The van der Waals surface area contributed by atoms with Crippen LogP contribution in [0.25, 0.3) is 0 Å². The Bertz CT molecular complexity index is 418. The van der Waals surface area contributed by atoms with Gasteiger partial charge in [-0.3, -0.25) is 4.79 Å². The zero-order chi connectivity index (χ0) is 13.7. The fraction of sp³-hybridized carbons (Fsp3) is 0.500. The molecule has 0 aromatic heterocycles. The lowest BCUT2D eigenvalue weighted by Crippen LogP contribution is -2.16. The highest BCUT2D eigenvalue weighted by Gasteiger charge is 2.21. The van der Waals surface area contributed by atoms with Crippen LogP contribution in [0.4, 0.5) is 10.1 Å². The van der Waals surface area contributed by atoms with E-state index in [1.807, 2.05) is 6.92 Å². The van der Waals surface area contributed by atoms with Crippen LogP contribution in [0.15, 0.2) is 18.2 Å². The molecule has 0 fully saturated rings. The van der Waals surface area contributed by atoms with Gasteiger partial charge in [0, 0.05) is 14.1 Å². The van der Waals surface area contributed by atoms with E-state index >= 15 is 0 Å². The van der Waals surface area contributed by atoms with Crippen molar-refractivity contribution in [2.24, 2.45) is 0 Å². The monoisotopic (exact) mass is 253 g/mol. The van der Waals surface area contributed by atoms with E-state index in [2.05, 4.69) is 0 Å². The molecular formula is C14H20FNO2. The fourth-order valence-corrected chi connectivity index (χ4v) is 1.95. The first-order valence-corrected chi connectivity index (χ1v) is 6.05. The van der Waals surface area contributed by atoms with Crippen molar-refractivity contribution in [1.82, 2.24) is 0 Å². The fourth-order valence-electron chi connectivity index (χ4n) is 1.95. The molecule has 3 nitrogen and oxygen atoms in total. The third kappa shape index (κ3) is 3.22. The lowest BCUT2D eigenvalue weighted by atomic mass is 9.94. The lowest BCUT2D eigenvalue weighted by Gasteiger charge is -2.17. The molecule has 4 heteroatoms. The molecule has 0 N–H and O–H groups in total. The Morgan fingerprint density at radius 2 is 2.11 bits per heavy atom. The summed E-state index contributed by atoms with van der Waals surface area (Å²) in [6.45, 7) is 1.99. The topological polar surface area (TPSA) is 29.5 Å². The Labute approximate surface area is 108 Å². The number of rotatable bonds is 5. The minimum absolute atomic E-state index is 0.311. The summed E-state index contributed by atoms with van der Waals surface area (Å²) in [7, 11) is 4.92. The van der Waals surface area contributed by atoms with Gasteiger partial charge in [-0.05, 0) is 24.1 Å². The summed E-state index contributed by atoms with van der Waals surface area (Å²) >= 11 is 0. The molecule has 1 aromatic rings. The number of benzene rings is 1. The largest absolute Gasteiger partial charge is 0.469 e. The number of hydrogen-bond acceptors (Lipinski definition) is 3. The number of anilines is 1. The van der Waals surface area contributed by atoms with Crippen molar-refractivity contribution in [2.75, 3.05) is 26.1 Å². The molecule has 1 unspecified atom stereocenters. The normalized spacial score (nSPS) is 12.1. The molecule has 0 saturated carbocycles. The van der Waals surface area contributed by atoms with Gasteiger partial charge in [0.15, 0.2) is 0 Å². The van der Waals surface area contributed by atoms with E-state index in [0.29, 0.717) is 17.7 Å². The molecule has 0 aliphatic carbocycles. The smallest absolute Gasteiger partial charge is 0.313 e. The standard InChI is InChI=1S/C14H20FNO2/c1-5-6-11(14(17)18-4)10-7-8-13(16(2)3)12(15)9-10/h7-9,11H,5-6H2,1-4H3. The third-order valence-electron chi connectivity index (χ3n) is 2.92. The first kappa shape index (κ1) is 14.5. The molecule has 100 valence electrons. The maximum absolute atomic E-state index is 13.9. The maximum atomic E-state index is 13.9. The van der Waals surface area contributed by atoms with Gasteiger partial charge in [0.05, 0.1) is 18.7 Å². The van der Waals surface area contributed by atoms with Crippen LogP contribution in [-0.2, 0) is 9.53 Å². The second-order valence-corrected chi connectivity index (χ2v) is 4.47. The first-order valence-electron chi connectivity index (χ1n) is 6.05. The number of hydrogen-bond donors (Lipinski definition) is 0. The SMILES string of the molecule is CCCC(C(=O)OC)c1ccc(N(C)C)c(F)c1. The Balaban J connectivity index is 3.06. The molecule has 0 radical (unpaired) electrons. The minimum Gasteiger partial charge on any atom is -0.469 e. The van der Waals surface area contributed by atoms with Crippen molar-refractivity contribution in [3.05, 3.63) is 29.6 Å². The highest BCUT2D eigenvalue weighted by Crippen LogP contribution is 2.27. The van der Waals surface area contributed by atoms with E-state index in [-0.39, 0.29) is 17.7 Å². The zero-order valence-electron chi connectivity index (χ0n) is 11.4. The summed E-state index contributed by atoms with van der Waals surface area (Å²) < 4.78 is 18.6. The third-order valence-corrected chi connectivity index (χ3v) is 2.92. The summed E-state index contributed by atoms with van der Waals surface area (Å²) in [5.41, 5.74) is 1.19. The van der Waals surface area contributed by atoms with Crippen LogP contribution in [0.2, 0.25) is 0 Å². The Morgan fingerprint density at radius 1 is 1.44 bits per heavy atom. The van der Waals surface area contributed by atoms with Crippen molar-refractivity contribution in [1.29, 1.82) is 0 Å². The minimum atomic E-state index is -0.384. The molecular weight excluding hydrogens is 233 g/mol. The van der Waals surface area contributed by atoms with Crippen molar-refractivity contribution in [3.63, 3.8) is 0 Å². The molecule has 0 amide bonds. The van der Waals surface area contributed by atoms with Crippen LogP contribution in [0, 0.1) is 5.82 Å². The van der Waals surface area contributed by atoms with Gasteiger partial charge < -0.3 is 9.64 Å². The number of carbonyl (C=O) groups excluding carboxylic acids is 1. The number of halogens is 1. The van der Waals surface area contributed by atoms with Crippen LogP contribution in [0.3, 0.4) is 0 Å². The Morgan fingerprint density at radius 3 is 2.56 bits per heavy atom. The van der Waals surface area contributed by atoms with Gasteiger partial charge in [0.25, 0.3) is 0 Å². The van der Waals surface area contributed by atoms with Gasteiger partial charge in [-0.2, -0.15) is 0 Å². The van der Waals surface area contributed by atoms with Crippen molar-refractivity contribution in [3.8, 4) is 0 Å². The van der Waals surface area contributed by atoms with Crippen LogP contribution in [0.1, 0.15) is 31.2 Å². The predicted octanol–water partition coefficient (Wildman–Crippen LogP) is 2.95. The summed E-state index contributed by atoms with van der Waals surface area (Å²) in [6.07, 6.45) is 1.50. The van der Waals surface area contributed by atoms with Gasteiger partial charge in [-0.15, -0.1) is 0 Å². The van der Waals surface area contributed by atoms with Crippen molar-refractivity contribution >= 4 is 11.7 Å².